The van der Waals surface area contributed by atoms with E-state index in [2.05, 4.69) is 30.2 Å². The molecule has 0 aliphatic rings. The van der Waals surface area contributed by atoms with E-state index in [9.17, 15) is 0 Å². The number of rotatable bonds is 7. The number of anilines is 1. The summed E-state index contributed by atoms with van der Waals surface area (Å²) in [6.07, 6.45) is 3.65. The van der Waals surface area contributed by atoms with E-state index in [-0.39, 0.29) is 11.6 Å². The number of nitrogens with two attached hydrogens (primary N) is 1. The van der Waals surface area contributed by atoms with Gasteiger partial charge in [-0.2, -0.15) is 0 Å². The van der Waals surface area contributed by atoms with E-state index in [4.69, 9.17) is 10.5 Å². The van der Waals surface area contributed by atoms with Crippen molar-refractivity contribution in [3.05, 3.63) is 23.4 Å². The van der Waals surface area contributed by atoms with Crippen LogP contribution in [0.25, 0.3) is 0 Å². The molecule has 108 valence electrons. The molecule has 0 bridgehead atoms. The number of ether oxygens (including phenoxy) is 1. The molecule has 1 aromatic heterocycles. The number of aromatic nitrogens is 1. The molecule has 1 atom stereocenters. The lowest BCUT2D eigenvalue weighted by molar-refractivity contribution is -0.0716. The highest BCUT2D eigenvalue weighted by molar-refractivity contribution is 5.44. The number of hydrogen-bond donors (Lipinski definition) is 2. The van der Waals surface area contributed by atoms with Crippen LogP contribution in [0.15, 0.2) is 12.3 Å². The molecule has 1 aromatic rings. The Kier molecular flexibility index (Phi) is 5.76. The van der Waals surface area contributed by atoms with Crippen LogP contribution in [0.3, 0.4) is 0 Å². The maximum absolute atomic E-state index is 6.08. The van der Waals surface area contributed by atoms with Gasteiger partial charge in [0.25, 0.3) is 0 Å². The van der Waals surface area contributed by atoms with Gasteiger partial charge < -0.3 is 15.8 Å². The summed E-state index contributed by atoms with van der Waals surface area (Å²) in [5.74, 6) is 0.580. The molecule has 4 nitrogen and oxygen atoms in total. The Hall–Kier alpha value is -1.13. The van der Waals surface area contributed by atoms with Crippen LogP contribution in [0.5, 0.6) is 0 Å². The fourth-order valence-electron chi connectivity index (χ4n) is 2.77. The molecule has 4 heteroatoms. The first-order valence-electron chi connectivity index (χ1n) is 7.07. The SMILES string of the molecule is CCOC(CC)(CC)C(NC)c1cc(C)cnc1N. The summed E-state index contributed by atoms with van der Waals surface area (Å²) < 4.78 is 6.08. The van der Waals surface area contributed by atoms with Gasteiger partial charge in [-0.05, 0) is 45.4 Å². The van der Waals surface area contributed by atoms with Crippen molar-refractivity contribution in [2.24, 2.45) is 0 Å². The lowest BCUT2D eigenvalue weighted by Gasteiger charge is -2.39. The zero-order valence-electron chi connectivity index (χ0n) is 12.8. The highest BCUT2D eigenvalue weighted by Gasteiger charge is 2.37. The fraction of sp³-hybridized carbons (Fsp3) is 0.667. The normalized spacial score (nSPS) is 13.5. The molecule has 0 aliphatic heterocycles. The number of hydrogen-bond acceptors (Lipinski definition) is 4. The van der Waals surface area contributed by atoms with E-state index in [1.54, 1.807) is 6.20 Å². The van der Waals surface area contributed by atoms with Gasteiger partial charge >= 0.3 is 0 Å². The minimum atomic E-state index is -0.243. The second-order valence-electron chi connectivity index (χ2n) is 4.91. The van der Waals surface area contributed by atoms with Crippen LogP contribution in [-0.4, -0.2) is 24.2 Å². The zero-order valence-corrected chi connectivity index (χ0v) is 12.8. The van der Waals surface area contributed by atoms with Crippen molar-refractivity contribution >= 4 is 5.82 Å². The molecular weight excluding hydrogens is 238 g/mol. The number of nitrogens with one attached hydrogen (secondary N) is 1. The van der Waals surface area contributed by atoms with Crippen molar-refractivity contribution in [3.63, 3.8) is 0 Å². The average molecular weight is 265 g/mol. The molecule has 1 heterocycles. The van der Waals surface area contributed by atoms with Crippen LogP contribution in [0.2, 0.25) is 0 Å². The van der Waals surface area contributed by atoms with E-state index in [1.807, 2.05) is 20.9 Å². The number of likely N-dealkylation sites (N-methyl/N-ethyl adjacent to an activating group) is 1. The Labute approximate surface area is 116 Å². The average Bonchev–Trinajstić information content (AvgIpc) is 2.42. The van der Waals surface area contributed by atoms with E-state index < -0.39 is 0 Å². The third-order valence-corrected chi connectivity index (χ3v) is 3.84. The van der Waals surface area contributed by atoms with Crippen molar-refractivity contribution in [2.45, 2.75) is 52.2 Å². The van der Waals surface area contributed by atoms with Gasteiger partial charge in [0, 0.05) is 18.4 Å². The molecule has 1 rings (SSSR count). The summed E-state index contributed by atoms with van der Waals surface area (Å²) in [4.78, 5) is 4.27. The summed E-state index contributed by atoms with van der Waals surface area (Å²) in [5.41, 5.74) is 7.96. The van der Waals surface area contributed by atoms with Gasteiger partial charge in [-0.1, -0.05) is 13.8 Å². The number of nitrogens with zero attached hydrogens (tertiary/aromatic N) is 1. The fourth-order valence-corrected chi connectivity index (χ4v) is 2.77. The van der Waals surface area contributed by atoms with Gasteiger partial charge in [0.05, 0.1) is 11.6 Å². The van der Waals surface area contributed by atoms with Gasteiger partial charge in [-0.25, -0.2) is 4.98 Å². The summed E-state index contributed by atoms with van der Waals surface area (Å²) in [6, 6.07) is 2.15. The minimum Gasteiger partial charge on any atom is -0.383 e. The molecule has 0 aromatic carbocycles. The molecule has 0 aliphatic carbocycles. The predicted octanol–water partition coefficient (Wildman–Crippen LogP) is 2.83. The molecule has 0 fully saturated rings. The van der Waals surface area contributed by atoms with Gasteiger partial charge in [0.2, 0.25) is 0 Å². The number of nitrogen functional groups attached to an aromatic ring is 1. The summed E-state index contributed by atoms with van der Waals surface area (Å²) in [6.45, 7) is 9.07. The molecule has 0 radical (unpaired) electrons. The van der Waals surface area contributed by atoms with Gasteiger partial charge in [0.15, 0.2) is 0 Å². The molecule has 0 saturated heterocycles. The van der Waals surface area contributed by atoms with Crippen molar-refractivity contribution in [1.29, 1.82) is 0 Å². The number of aryl methyl sites for hydroxylation is 1. The molecule has 0 saturated carbocycles. The monoisotopic (exact) mass is 265 g/mol. The van der Waals surface area contributed by atoms with Crippen LogP contribution in [0, 0.1) is 6.92 Å². The van der Waals surface area contributed by atoms with Crippen molar-refractivity contribution in [2.75, 3.05) is 19.4 Å². The van der Waals surface area contributed by atoms with E-state index in [1.165, 1.54) is 0 Å². The van der Waals surface area contributed by atoms with E-state index in [0.29, 0.717) is 12.4 Å². The Morgan fingerprint density at radius 2 is 2.00 bits per heavy atom. The van der Waals surface area contributed by atoms with Gasteiger partial charge in [-0.3, -0.25) is 0 Å². The standard InChI is InChI=1S/C15H27N3O/c1-6-15(7-2,19-8-3)13(17-5)12-9-11(4)10-18-14(12)16/h9-10,13,17H,6-8H2,1-5H3,(H2,16,18). The molecule has 0 spiro atoms. The first kappa shape index (κ1) is 15.9. The Morgan fingerprint density at radius 3 is 2.47 bits per heavy atom. The predicted molar refractivity (Wildman–Crippen MR) is 80.1 cm³/mol. The molecule has 19 heavy (non-hydrogen) atoms. The first-order chi connectivity index (χ1) is 9.04. The summed E-state index contributed by atoms with van der Waals surface area (Å²) in [5, 5.41) is 3.37. The first-order valence-corrected chi connectivity index (χ1v) is 7.07. The Balaban J connectivity index is 3.26. The van der Waals surface area contributed by atoms with E-state index in [0.717, 1.165) is 24.0 Å². The topological polar surface area (TPSA) is 60.2 Å². The maximum Gasteiger partial charge on any atom is 0.128 e. The van der Waals surface area contributed by atoms with Crippen LogP contribution >= 0.6 is 0 Å². The summed E-state index contributed by atoms with van der Waals surface area (Å²) in [7, 11) is 1.95. The van der Waals surface area contributed by atoms with Crippen LogP contribution in [0.4, 0.5) is 5.82 Å². The zero-order chi connectivity index (χ0) is 14.5. The highest BCUT2D eigenvalue weighted by atomic mass is 16.5. The smallest absolute Gasteiger partial charge is 0.128 e. The lowest BCUT2D eigenvalue weighted by Crippen LogP contribution is -2.44. The lowest BCUT2D eigenvalue weighted by atomic mass is 9.83. The van der Waals surface area contributed by atoms with Crippen LogP contribution in [0.1, 0.15) is 50.8 Å². The molecular formula is C15H27N3O. The summed E-state index contributed by atoms with van der Waals surface area (Å²) >= 11 is 0. The number of pyridine rings is 1. The molecule has 0 amide bonds. The van der Waals surface area contributed by atoms with Crippen LogP contribution < -0.4 is 11.1 Å². The Morgan fingerprint density at radius 1 is 1.37 bits per heavy atom. The third kappa shape index (κ3) is 3.25. The second kappa shape index (κ2) is 6.87. The quantitative estimate of drug-likeness (QED) is 0.796. The minimum absolute atomic E-state index is 0.0508. The van der Waals surface area contributed by atoms with Crippen molar-refractivity contribution in [3.8, 4) is 0 Å². The molecule has 1 unspecified atom stereocenters. The van der Waals surface area contributed by atoms with E-state index >= 15 is 0 Å². The maximum atomic E-state index is 6.08. The molecule has 3 N–H and O–H groups in total. The van der Waals surface area contributed by atoms with Gasteiger partial charge in [-0.15, -0.1) is 0 Å². The Bertz CT molecular complexity index is 402. The van der Waals surface area contributed by atoms with Gasteiger partial charge in [0.1, 0.15) is 5.82 Å². The van der Waals surface area contributed by atoms with Crippen molar-refractivity contribution in [1.82, 2.24) is 10.3 Å². The second-order valence-corrected chi connectivity index (χ2v) is 4.91. The highest BCUT2D eigenvalue weighted by Crippen LogP contribution is 2.37. The third-order valence-electron chi connectivity index (χ3n) is 3.84. The van der Waals surface area contributed by atoms with Crippen molar-refractivity contribution < 1.29 is 4.74 Å². The van der Waals surface area contributed by atoms with Crippen LogP contribution in [-0.2, 0) is 4.74 Å². The largest absolute Gasteiger partial charge is 0.383 e.